The Bertz CT molecular complexity index is 982. The van der Waals surface area contributed by atoms with Gasteiger partial charge in [0.25, 0.3) is 0 Å². The average Bonchev–Trinajstić information content (AvgIpc) is 2.72. The molecule has 6 heteroatoms. The number of methoxy groups -OCH3 is 1. The molecule has 0 fully saturated rings. The lowest BCUT2D eigenvalue weighted by Gasteiger charge is -2.21. The van der Waals surface area contributed by atoms with Crippen molar-refractivity contribution < 1.29 is 14.3 Å². The first kappa shape index (κ1) is 19.4. The predicted octanol–water partition coefficient (Wildman–Crippen LogP) is 3.27. The number of nitrogens with zero attached hydrogens (tertiary/aromatic N) is 2. The SMILES string of the molecule is CCN(CC(=O)Nc1cccc(OC)c1)C(=O)Cc1cccc2cccnc12. The third-order valence-electron chi connectivity index (χ3n) is 4.48. The van der Waals surface area contributed by atoms with Crippen LogP contribution in [0.1, 0.15) is 12.5 Å². The summed E-state index contributed by atoms with van der Waals surface area (Å²) in [6.07, 6.45) is 1.92. The molecule has 0 unspecified atom stereocenters. The van der Waals surface area contributed by atoms with Gasteiger partial charge in [-0.15, -0.1) is 0 Å². The van der Waals surface area contributed by atoms with E-state index in [0.29, 0.717) is 18.0 Å². The molecule has 3 rings (SSSR count). The Hall–Kier alpha value is -3.41. The van der Waals surface area contributed by atoms with Crippen molar-refractivity contribution in [1.82, 2.24) is 9.88 Å². The molecule has 3 aromatic rings. The van der Waals surface area contributed by atoms with Crippen LogP contribution in [0.25, 0.3) is 10.9 Å². The number of benzene rings is 2. The van der Waals surface area contributed by atoms with Gasteiger partial charge in [0, 0.05) is 29.9 Å². The van der Waals surface area contributed by atoms with Crippen LogP contribution in [0.5, 0.6) is 5.75 Å². The lowest BCUT2D eigenvalue weighted by atomic mass is 10.1. The molecule has 0 aliphatic heterocycles. The van der Waals surface area contributed by atoms with E-state index < -0.39 is 0 Å². The van der Waals surface area contributed by atoms with Crippen LogP contribution in [-0.4, -0.2) is 41.9 Å². The molecule has 0 saturated heterocycles. The average molecular weight is 377 g/mol. The van der Waals surface area contributed by atoms with Crippen LogP contribution in [0.4, 0.5) is 5.69 Å². The number of pyridine rings is 1. The highest BCUT2D eigenvalue weighted by atomic mass is 16.5. The first-order chi connectivity index (χ1) is 13.6. The molecule has 0 atom stereocenters. The molecule has 1 N–H and O–H groups in total. The monoisotopic (exact) mass is 377 g/mol. The summed E-state index contributed by atoms with van der Waals surface area (Å²) in [5.41, 5.74) is 2.30. The third-order valence-corrected chi connectivity index (χ3v) is 4.48. The summed E-state index contributed by atoms with van der Waals surface area (Å²) < 4.78 is 5.16. The van der Waals surface area contributed by atoms with E-state index in [1.807, 2.05) is 37.3 Å². The van der Waals surface area contributed by atoms with E-state index >= 15 is 0 Å². The molecule has 2 amide bonds. The smallest absolute Gasteiger partial charge is 0.243 e. The molecule has 28 heavy (non-hydrogen) atoms. The third kappa shape index (κ3) is 4.65. The first-order valence-corrected chi connectivity index (χ1v) is 9.15. The van der Waals surface area contributed by atoms with E-state index in [1.165, 1.54) is 4.90 Å². The molecule has 144 valence electrons. The number of ether oxygens (including phenoxy) is 1. The zero-order valence-electron chi connectivity index (χ0n) is 16.0. The van der Waals surface area contributed by atoms with E-state index in [-0.39, 0.29) is 24.8 Å². The van der Waals surface area contributed by atoms with Crippen LogP contribution < -0.4 is 10.1 Å². The number of carbonyl (C=O) groups excluding carboxylic acids is 2. The number of rotatable bonds is 7. The summed E-state index contributed by atoms with van der Waals surface area (Å²) in [5.74, 6) is 0.297. The number of likely N-dealkylation sites (N-methyl/N-ethyl adjacent to an activating group) is 1. The van der Waals surface area contributed by atoms with Crippen molar-refractivity contribution in [3.05, 3.63) is 66.4 Å². The second-order valence-electron chi connectivity index (χ2n) is 6.36. The summed E-state index contributed by atoms with van der Waals surface area (Å²) in [7, 11) is 1.57. The fraction of sp³-hybridized carbons (Fsp3) is 0.227. The summed E-state index contributed by atoms with van der Waals surface area (Å²) >= 11 is 0. The number of fused-ring (bicyclic) bond motifs is 1. The van der Waals surface area contributed by atoms with Crippen LogP contribution in [0.3, 0.4) is 0 Å². The highest BCUT2D eigenvalue weighted by molar-refractivity contribution is 5.95. The van der Waals surface area contributed by atoms with E-state index in [4.69, 9.17) is 4.74 Å². The molecule has 0 radical (unpaired) electrons. The fourth-order valence-corrected chi connectivity index (χ4v) is 3.04. The minimum Gasteiger partial charge on any atom is -0.497 e. The Labute approximate surface area is 164 Å². The number of amides is 2. The van der Waals surface area contributed by atoms with Crippen molar-refractivity contribution in [1.29, 1.82) is 0 Å². The summed E-state index contributed by atoms with van der Waals surface area (Å²) in [5, 5.41) is 3.80. The number of hydrogen-bond donors (Lipinski definition) is 1. The van der Waals surface area contributed by atoms with Crippen molar-refractivity contribution >= 4 is 28.4 Å². The standard InChI is InChI=1S/C22H23N3O3/c1-3-25(15-20(26)24-18-10-5-11-19(14-18)28-2)21(27)13-17-8-4-7-16-9-6-12-23-22(16)17/h4-12,14H,3,13,15H2,1-2H3,(H,24,26). The first-order valence-electron chi connectivity index (χ1n) is 9.15. The van der Waals surface area contributed by atoms with Gasteiger partial charge in [-0.3, -0.25) is 14.6 Å². The van der Waals surface area contributed by atoms with Crippen LogP contribution in [0.2, 0.25) is 0 Å². The molecule has 1 heterocycles. The van der Waals surface area contributed by atoms with Crippen LogP contribution in [-0.2, 0) is 16.0 Å². The highest BCUT2D eigenvalue weighted by Gasteiger charge is 2.17. The molecule has 1 aromatic heterocycles. The van der Waals surface area contributed by atoms with Gasteiger partial charge in [0.05, 0.1) is 25.6 Å². The molecule has 6 nitrogen and oxygen atoms in total. The Balaban J connectivity index is 1.66. The number of carbonyl (C=O) groups is 2. The second kappa shape index (κ2) is 8.99. The van der Waals surface area contributed by atoms with Crippen LogP contribution >= 0.6 is 0 Å². The van der Waals surface area contributed by atoms with E-state index in [1.54, 1.807) is 37.6 Å². The van der Waals surface area contributed by atoms with E-state index in [9.17, 15) is 9.59 Å². The van der Waals surface area contributed by atoms with Crippen LogP contribution in [0, 0.1) is 0 Å². The normalized spacial score (nSPS) is 10.5. The zero-order chi connectivity index (χ0) is 19.9. The molecule has 0 aliphatic rings. The van der Waals surface area contributed by atoms with Crippen LogP contribution in [0.15, 0.2) is 60.8 Å². The summed E-state index contributed by atoms with van der Waals surface area (Å²) in [6.45, 7) is 2.30. The molecule has 0 bridgehead atoms. The van der Waals surface area contributed by atoms with Gasteiger partial charge >= 0.3 is 0 Å². The van der Waals surface area contributed by atoms with Crippen molar-refractivity contribution in [2.45, 2.75) is 13.3 Å². The van der Waals surface area contributed by atoms with E-state index in [0.717, 1.165) is 16.5 Å². The Morgan fingerprint density at radius 3 is 2.68 bits per heavy atom. The Kier molecular flexibility index (Phi) is 6.22. The number of hydrogen-bond acceptors (Lipinski definition) is 4. The minimum absolute atomic E-state index is 0.00919. The molecule has 0 aliphatic carbocycles. The highest BCUT2D eigenvalue weighted by Crippen LogP contribution is 2.18. The van der Waals surface area contributed by atoms with Gasteiger partial charge in [0.1, 0.15) is 5.75 Å². The second-order valence-corrected chi connectivity index (χ2v) is 6.36. The molecule has 0 spiro atoms. The zero-order valence-corrected chi connectivity index (χ0v) is 16.0. The summed E-state index contributed by atoms with van der Waals surface area (Å²) in [4.78, 5) is 31.1. The van der Waals surface area contributed by atoms with Crippen molar-refractivity contribution in [2.75, 3.05) is 25.5 Å². The number of aromatic nitrogens is 1. The molecular formula is C22H23N3O3. The van der Waals surface area contributed by atoms with Crippen molar-refractivity contribution in [3.63, 3.8) is 0 Å². The molecule has 0 saturated carbocycles. The maximum absolute atomic E-state index is 12.8. The van der Waals surface area contributed by atoms with Crippen molar-refractivity contribution in [3.8, 4) is 5.75 Å². The maximum Gasteiger partial charge on any atom is 0.243 e. The molecule has 2 aromatic carbocycles. The minimum atomic E-state index is -0.250. The van der Waals surface area contributed by atoms with Gasteiger partial charge in [-0.25, -0.2) is 0 Å². The Morgan fingerprint density at radius 2 is 1.89 bits per heavy atom. The fourth-order valence-electron chi connectivity index (χ4n) is 3.04. The van der Waals surface area contributed by atoms with Gasteiger partial charge in [-0.2, -0.15) is 0 Å². The summed E-state index contributed by atoms with van der Waals surface area (Å²) in [6, 6.07) is 16.7. The molecular weight excluding hydrogens is 354 g/mol. The lowest BCUT2D eigenvalue weighted by molar-refractivity contribution is -0.133. The van der Waals surface area contributed by atoms with Crippen molar-refractivity contribution in [2.24, 2.45) is 0 Å². The number of para-hydroxylation sites is 1. The van der Waals surface area contributed by atoms with Gasteiger partial charge < -0.3 is 15.0 Å². The van der Waals surface area contributed by atoms with E-state index in [2.05, 4.69) is 10.3 Å². The largest absolute Gasteiger partial charge is 0.497 e. The lowest BCUT2D eigenvalue weighted by Crippen LogP contribution is -2.38. The van der Waals surface area contributed by atoms with Gasteiger partial charge in [-0.05, 0) is 30.7 Å². The van der Waals surface area contributed by atoms with Gasteiger partial charge in [0.2, 0.25) is 11.8 Å². The maximum atomic E-state index is 12.8. The topological polar surface area (TPSA) is 71.5 Å². The number of anilines is 1. The Morgan fingerprint density at radius 1 is 1.11 bits per heavy atom. The number of nitrogens with one attached hydrogen (secondary N) is 1. The quantitative estimate of drug-likeness (QED) is 0.686. The van der Waals surface area contributed by atoms with Gasteiger partial charge in [-0.1, -0.05) is 30.3 Å². The predicted molar refractivity (Wildman–Crippen MR) is 109 cm³/mol. The van der Waals surface area contributed by atoms with Gasteiger partial charge in [0.15, 0.2) is 0 Å².